The monoisotopic (exact) mass is 166 g/mol. The maximum atomic E-state index is 5.32. The maximum absolute atomic E-state index is 5.32. The van der Waals surface area contributed by atoms with Crippen LogP contribution in [0, 0.1) is 0 Å². The van der Waals surface area contributed by atoms with E-state index in [1.807, 2.05) is 19.9 Å². The number of hydrogen-bond acceptors (Lipinski definition) is 1. The summed E-state index contributed by atoms with van der Waals surface area (Å²) < 4.78 is 5.32. The first-order valence-corrected chi connectivity index (χ1v) is 4.48. The standard InChI is InChI=1S/C9H12O.C2H6/c1-3-5-9-8(2)6-4-7-10-9;1-2/h3,5H,1-2,4,6-7H2;1-2H3/b9-5+;. The smallest absolute Gasteiger partial charge is 0.121 e. The predicted octanol–water partition coefficient (Wildman–Crippen LogP) is 3.45. The second kappa shape index (κ2) is 6.71. The average Bonchev–Trinajstić information content (AvgIpc) is 2.13. The largest absolute Gasteiger partial charge is 0.493 e. The van der Waals surface area contributed by atoms with Crippen molar-refractivity contribution in [2.45, 2.75) is 26.7 Å². The minimum Gasteiger partial charge on any atom is -0.493 e. The van der Waals surface area contributed by atoms with E-state index in [0.717, 1.165) is 30.8 Å². The Hall–Kier alpha value is -0.980. The third-order valence-electron chi connectivity index (χ3n) is 1.50. The molecular weight excluding hydrogens is 148 g/mol. The molecule has 0 bridgehead atoms. The topological polar surface area (TPSA) is 9.23 Å². The number of rotatable bonds is 1. The minimum absolute atomic E-state index is 0.818. The highest BCUT2D eigenvalue weighted by atomic mass is 16.5. The molecule has 1 heteroatoms. The first kappa shape index (κ1) is 11.0. The lowest BCUT2D eigenvalue weighted by Crippen LogP contribution is -2.04. The normalized spacial score (nSPS) is 19.2. The number of allylic oxidation sites excluding steroid dienone is 3. The van der Waals surface area contributed by atoms with Crippen LogP contribution in [0.15, 0.2) is 36.6 Å². The molecule has 1 saturated heterocycles. The van der Waals surface area contributed by atoms with Crippen molar-refractivity contribution in [3.8, 4) is 0 Å². The SMILES string of the molecule is C=C/C=C1/OCCCC1=C.CC. The molecule has 1 nitrogen and oxygen atoms in total. The Morgan fingerprint density at radius 2 is 2.08 bits per heavy atom. The van der Waals surface area contributed by atoms with Crippen LogP contribution in [0.25, 0.3) is 0 Å². The van der Waals surface area contributed by atoms with E-state index in [9.17, 15) is 0 Å². The van der Waals surface area contributed by atoms with Crippen molar-refractivity contribution in [3.63, 3.8) is 0 Å². The Morgan fingerprint density at radius 3 is 2.58 bits per heavy atom. The van der Waals surface area contributed by atoms with Crippen molar-refractivity contribution < 1.29 is 4.74 Å². The molecule has 68 valence electrons. The number of ether oxygens (including phenoxy) is 1. The zero-order valence-corrected chi connectivity index (χ0v) is 8.10. The van der Waals surface area contributed by atoms with E-state index in [-0.39, 0.29) is 0 Å². The van der Waals surface area contributed by atoms with Gasteiger partial charge < -0.3 is 4.74 Å². The quantitative estimate of drug-likeness (QED) is 0.579. The van der Waals surface area contributed by atoms with E-state index in [4.69, 9.17) is 4.74 Å². The summed E-state index contributed by atoms with van der Waals surface area (Å²) in [4.78, 5) is 0. The fourth-order valence-electron chi connectivity index (χ4n) is 0.966. The zero-order valence-electron chi connectivity index (χ0n) is 8.10. The van der Waals surface area contributed by atoms with Gasteiger partial charge in [0.25, 0.3) is 0 Å². The Labute approximate surface area is 75.4 Å². The van der Waals surface area contributed by atoms with E-state index in [1.165, 1.54) is 0 Å². The van der Waals surface area contributed by atoms with Crippen molar-refractivity contribution in [3.05, 3.63) is 36.6 Å². The van der Waals surface area contributed by atoms with Crippen molar-refractivity contribution in [2.24, 2.45) is 0 Å². The van der Waals surface area contributed by atoms with Crippen LogP contribution in [0.5, 0.6) is 0 Å². The van der Waals surface area contributed by atoms with Crippen molar-refractivity contribution in [1.29, 1.82) is 0 Å². The van der Waals surface area contributed by atoms with Gasteiger partial charge in [-0.25, -0.2) is 0 Å². The maximum Gasteiger partial charge on any atom is 0.121 e. The molecule has 1 aliphatic rings. The lowest BCUT2D eigenvalue weighted by Gasteiger charge is -2.17. The van der Waals surface area contributed by atoms with Gasteiger partial charge in [0, 0.05) is 0 Å². The van der Waals surface area contributed by atoms with Gasteiger partial charge in [-0.15, -0.1) is 0 Å². The van der Waals surface area contributed by atoms with Crippen LogP contribution in [0.3, 0.4) is 0 Å². The van der Waals surface area contributed by atoms with Gasteiger partial charge in [0.05, 0.1) is 6.61 Å². The number of hydrogen-bond donors (Lipinski definition) is 0. The van der Waals surface area contributed by atoms with Gasteiger partial charge in [0.1, 0.15) is 5.76 Å². The molecular formula is C11H18O. The van der Waals surface area contributed by atoms with E-state index in [0.29, 0.717) is 0 Å². The van der Waals surface area contributed by atoms with Gasteiger partial charge in [0.2, 0.25) is 0 Å². The summed E-state index contributed by atoms with van der Waals surface area (Å²) in [6.07, 6.45) is 5.74. The lowest BCUT2D eigenvalue weighted by atomic mass is 10.1. The molecule has 0 aliphatic carbocycles. The van der Waals surface area contributed by atoms with E-state index in [2.05, 4.69) is 13.2 Å². The van der Waals surface area contributed by atoms with E-state index < -0.39 is 0 Å². The van der Waals surface area contributed by atoms with E-state index >= 15 is 0 Å². The molecule has 12 heavy (non-hydrogen) atoms. The molecule has 1 aliphatic heterocycles. The minimum atomic E-state index is 0.818. The lowest BCUT2D eigenvalue weighted by molar-refractivity contribution is 0.194. The molecule has 0 atom stereocenters. The first-order chi connectivity index (χ1) is 5.84. The molecule has 0 unspecified atom stereocenters. The van der Waals surface area contributed by atoms with Crippen LogP contribution in [-0.4, -0.2) is 6.61 Å². The van der Waals surface area contributed by atoms with Gasteiger partial charge >= 0.3 is 0 Å². The molecule has 0 spiro atoms. The van der Waals surface area contributed by atoms with Gasteiger partial charge in [-0.05, 0) is 24.5 Å². The summed E-state index contributed by atoms with van der Waals surface area (Å²) in [5.74, 6) is 0.904. The Bertz CT molecular complexity index is 177. The Morgan fingerprint density at radius 1 is 1.42 bits per heavy atom. The second-order valence-electron chi connectivity index (χ2n) is 2.32. The summed E-state index contributed by atoms with van der Waals surface area (Å²) in [6.45, 7) is 12.3. The molecule has 0 aromatic rings. The molecule has 0 amide bonds. The van der Waals surface area contributed by atoms with Gasteiger partial charge in [0.15, 0.2) is 0 Å². The second-order valence-corrected chi connectivity index (χ2v) is 2.32. The summed E-state index contributed by atoms with van der Waals surface area (Å²) in [5, 5.41) is 0. The van der Waals surface area contributed by atoms with Gasteiger partial charge in [-0.3, -0.25) is 0 Å². The molecule has 0 saturated carbocycles. The summed E-state index contributed by atoms with van der Waals surface area (Å²) in [5.41, 5.74) is 1.09. The van der Waals surface area contributed by atoms with Crippen molar-refractivity contribution in [1.82, 2.24) is 0 Å². The summed E-state index contributed by atoms with van der Waals surface area (Å²) in [6, 6.07) is 0. The highest BCUT2D eigenvalue weighted by molar-refractivity contribution is 5.27. The van der Waals surface area contributed by atoms with Crippen molar-refractivity contribution >= 4 is 0 Å². The molecule has 0 aromatic heterocycles. The molecule has 0 N–H and O–H groups in total. The average molecular weight is 166 g/mol. The fraction of sp³-hybridized carbons (Fsp3) is 0.455. The summed E-state index contributed by atoms with van der Waals surface area (Å²) in [7, 11) is 0. The predicted molar refractivity (Wildman–Crippen MR) is 54.0 cm³/mol. The molecule has 0 radical (unpaired) electrons. The Balaban J connectivity index is 0.000000561. The van der Waals surface area contributed by atoms with Crippen LogP contribution in [-0.2, 0) is 4.74 Å². The van der Waals surface area contributed by atoms with Crippen LogP contribution < -0.4 is 0 Å². The Kier molecular flexibility index (Phi) is 6.16. The van der Waals surface area contributed by atoms with Crippen LogP contribution in [0.4, 0.5) is 0 Å². The van der Waals surface area contributed by atoms with Gasteiger partial charge in [-0.1, -0.05) is 33.1 Å². The highest BCUT2D eigenvalue weighted by Gasteiger charge is 2.08. The van der Waals surface area contributed by atoms with E-state index in [1.54, 1.807) is 6.08 Å². The van der Waals surface area contributed by atoms with Crippen molar-refractivity contribution in [2.75, 3.05) is 6.61 Å². The molecule has 1 fully saturated rings. The third-order valence-corrected chi connectivity index (χ3v) is 1.50. The molecule has 0 aromatic carbocycles. The summed E-state index contributed by atoms with van der Waals surface area (Å²) >= 11 is 0. The highest BCUT2D eigenvalue weighted by Crippen LogP contribution is 2.20. The van der Waals surface area contributed by atoms with Crippen LogP contribution in [0.2, 0.25) is 0 Å². The van der Waals surface area contributed by atoms with Crippen LogP contribution >= 0.6 is 0 Å². The first-order valence-electron chi connectivity index (χ1n) is 4.48. The van der Waals surface area contributed by atoms with Crippen LogP contribution in [0.1, 0.15) is 26.7 Å². The molecule has 1 heterocycles. The fourth-order valence-corrected chi connectivity index (χ4v) is 0.966. The zero-order chi connectivity index (χ0) is 9.40. The molecule has 1 rings (SSSR count). The third kappa shape index (κ3) is 3.42. The van der Waals surface area contributed by atoms with Gasteiger partial charge in [-0.2, -0.15) is 0 Å².